The van der Waals surface area contributed by atoms with Crippen LogP contribution in [0.15, 0.2) is 0 Å². The number of hydrogen-bond donors (Lipinski definition) is 1. The first-order chi connectivity index (χ1) is 5.47. The van der Waals surface area contributed by atoms with E-state index in [2.05, 4.69) is 0 Å². The van der Waals surface area contributed by atoms with E-state index in [1.54, 1.807) is 0 Å². The van der Waals surface area contributed by atoms with Crippen LogP contribution in [-0.4, -0.2) is 26.8 Å². The van der Waals surface area contributed by atoms with Crippen molar-refractivity contribution in [1.82, 2.24) is 0 Å². The summed E-state index contributed by atoms with van der Waals surface area (Å²) in [5.74, 6) is 0. The van der Waals surface area contributed by atoms with Crippen molar-refractivity contribution in [3.8, 4) is 0 Å². The van der Waals surface area contributed by atoms with E-state index in [1.807, 2.05) is 0 Å². The first-order valence-electron chi connectivity index (χ1n) is 4.11. The molecule has 0 aliphatic heterocycles. The van der Waals surface area contributed by atoms with Gasteiger partial charge >= 0.3 is 0 Å². The molecule has 1 aliphatic rings. The summed E-state index contributed by atoms with van der Waals surface area (Å²) >= 11 is 0. The van der Waals surface area contributed by atoms with Gasteiger partial charge in [-0.3, -0.25) is 4.18 Å². The van der Waals surface area contributed by atoms with Gasteiger partial charge in [-0.15, -0.1) is 0 Å². The number of nitrogens with two attached hydrogens (primary N) is 1. The summed E-state index contributed by atoms with van der Waals surface area (Å²) in [7, 11) is -3.28. The topological polar surface area (TPSA) is 69.4 Å². The second-order valence-corrected chi connectivity index (χ2v) is 4.94. The van der Waals surface area contributed by atoms with Crippen molar-refractivity contribution in [2.24, 2.45) is 5.73 Å². The zero-order chi connectivity index (χ0) is 9.19. The lowest BCUT2D eigenvalue weighted by Gasteiger charge is -2.24. The van der Waals surface area contributed by atoms with Crippen LogP contribution in [0.1, 0.15) is 25.7 Å². The molecule has 5 heteroatoms. The largest absolute Gasteiger partial charge is 0.328 e. The average molecular weight is 193 g/mol. The zero-order valence-electron chi connectivity index (χ0n) is 7.19. The highest BCUT2D eigenvalue weighted by Gasteiger charge is 2.21. The molecule has 0 unspecified atom stereocenters. The first kappa shape index (κ1) is 9.95. The van der Waals surface area contributed by atoms with Gasteiger partial charge in [0.05, 0.1) is 12.4 Å². The molecule has 0 spiro atoms. The van der Waals surface area contributed by atoms with E-state index in [0.29, 0.717) is 0 Å². The smallest absolute Gasteiger partial charge is 0.264 e. The molecule has 0 aromatic heterocycles. The summed E-state index contributed by atoms with van der Waals surface area (Å²) in [6.45, 7) is 0. The van der Waals surface area contributed by atoms with E-state index in [4.69, 9.17) is 9.92 Å². The Bertz CT molecular complexity index is 229. The SMILES string of the molecule is CS(=O)(=O)O[C@H]1CC[C@H](N)CC1. The maximum atomic E-state index is 10.7. The first-order valence-corrected chi connectivity index (χ1v) is 5.93. The molecule has 0 amide bonds. The Kier molecular flexibility index (Phi) is 3.09. The Balaban J connectivity index is 2.36. The molecular weight excluding hydrogens is 178 g/mol. The van der Waals surface area contributed by atoms with Gasteiger partial charge in [-0.2, -0.15) is 8.42 Å². The lowest BCUT2D eigenvalue weighted by atomic mass is 9.94. The molecule has 1 fully saturated rings. The van der Waals surface area contributed by atoms with E-state index in [9.17, 15) is 8.42 Å². The Morgan fingerprint density at radius 2 is 1.75 bits per heavy atom. The van der Waals surface area contributed by atoms with Crippen LogP contribution in [-0.2, 0) is 14.3 Å². The highest BCUT2D eigenvalue weighted by Crippen LogP contribution is 2.20. The van der Waals surface area contributed by atoms with E-state index in [0.717, 1.165) is 31.9 Å². The molecule has 1 saturated carbocycles. The fourth-order valence-corrected chi connectivity index (χ4v) is 2.12. The maximum Gasteiger partial charge on any atom is 0.264 e. The Morgan fingerprint density at radius 1 is 1.25 bits per heavy atom. The molecular formula is C7H15NO3S. The highest BCUT2D eigenvalue weighted by molar-refractivity contribution is 7.86. The standard InChI is InChI=1S/C7H15NO3S/c1-12(9,10)11-7-4-2-6(8)3-5-7/h6-7H,2-5,8H2,1H3/t6-,7-. The average Bonchev–Trinajstić information content (AvgIpc) is 1.91. The molecule has 0 radical (unpaired) electrons. The monoisotopic (exact) mass is 193 g/mol. The predicted molar refractivity (Wildman–Crippen MR) is 46.2 cm³/mol. The van der Waals surface area contributed by atoms with Crippen LogP contribution in [0.5, 0.6) is 0 Å². The zero-order valence-corrected chi connectivity index (χ0v) is 8.01. The second-order valence-electron chi connectivity index (χ2n) is 3.34. The van der Waals surface area contributed by atoms with Gasteiger partial charge in [0, 0.05) is 6.04 Å². The Hall–Kier alpha value is -0.130. The van der Waals surface area contributed by atoms with Crippen molar-refractivity contribution in [3.05, 3.63) is 0 Å². The van der Waals surface area contributed by atoms with Gasteiger partial charge in [0.15, 0.2) is 0 Å². The second kappa shape index (κ2) is 3.72. The summed E-state index contributed by atoms with van der Waals surface area (Å²) in [4.78, 5) is 0. The molecule has 0 saturated heterocycles. The van der Waals surface area contributed by atoms with Crippen molar-refractivity contribution in [2.75, 3.05) is 6.26 Å². The van der Waals surface area contributed by atoms with Crippen LogP contribution in [0.3, 0.4) is 0 Å². The molecule has 0 atom stereocenters. The summed E-state index contributed by atoms with van der Waals surface area (Å²) in [5, 5.41) is 0. The molecule has 2 N–H and O–H groups in total. The van der Waals surface area contributed by atoms with Crippen molar-refractivity contribution in [3.63, 3.8) is 0 Å². The van der Waals surface area contributed by atoms with Crippen molar-refractivity contribution in [2.45, 2.75) is 37.8 Å². The summed E-state index contributed by atoms with van der Waals surface area (Å²) in [5.41, 5.74) is 5.66. The van der Waals surface area contributed by atoms with Crippen LogP contribution in [0, 0.1) is 0 Å². The Labute approximate surface area is 73.2 Å². The quantitative estimate of drug-likeness (QED) is 0.637. The van der Waals surface area contributed by atoms with Gasteiger partial charge in [-0.1, -0.05) is 0 Å². The molecule has 12 heavy (non-hydrogen) atoms. The highest BCUT2D eigenvalue weighted by atomic mass is 32.2. The Morgan fingerprint density at radius 3 is 2.17 bits per heavy atom. The number of hydrogen-bond acceptors (Lipinski definition) is 4. The van der Waals surface area contributed by atoms with Gasteiger partial charge in [0.25, 0.3) is 10.1 Å². The number of rotatable bonds is 2. The molecule has 0 aromatic rings. The van der Waals surface area contributed by atoms with E-state index < -0.39 is 10.1 Å². The van der Waals surface area contributed by atoms with Crippen molar-refractivity contribution < 1.29 is 12.6 Å². The molecule has 72 valence electrons. The third-order valence-electron chi connectivity index (χ3n) is 2.03. The lowest BCUT2D eigenvalue weighted by molar-refractivity contribution is 0.155. The summed E-state index contributed by atoms with van der Waals surface area (Å²) in [6, 6.07) is 0.226. The molecule has 0 heterocycles. The normalized spacial score (nSPS) is 31.8. The van der Waals surface area contributed by atoms with E-state index >= 15 is 0 Å². The van der Waals surface area contributed by atoms with Crippen LogP contribution < -0.4 is 5.73 Å². The molecule has 0 bridgehead atoms. The lowest BCUT2D eigenvalue weighted by Crippen LogP contribution is -2.31. The summed E-state index contributed by atoms with van der Waals surface area (Å²) < 4.78 is 26.3. The van der Waals surface area contributed by atoms with Gasteiger partial charge in [0.2, 0.25) is 0 Å². The fourth-order valence-electron chi connectivity index (χ4n) is 1.43. The maximum absolute atomic E-state index is 10.7. The molecule has 0 aromatic carbocycles. The van der Waals surface area contributed by atoms with Gasteiger partial charge in [-0.05, 0) is 25.7 Å². The molecule has 4 nitrogen and oxygen atoms in total. The van der Waals surface area contributed by atoms with Crippen LogP contribution in [0.25, 0.3) is 0 Å². The minimum absolute atomic E-state index is 0.139. The van der Waals surface area contributed by atoms with Gasteiger partial charge in [0.1, 0.15) is 0 Å². The van der Waals surface area contributed by atoms with Crippen LogP contribution in [0.2, 0.25) is 0 Å². The van der Waals surface area contributed by atoms with E-state index in [-0.39, 0.29) is 12.1 Å². The minimum atomic E-state index is -3.28. The molecule has 1 rings (SSSR count). The minimum Gasteiger partial charge on any atom is -0.328 e. The van der Waals surface area contributed by atoms with Crippen molar-refractivity contribution >= 4 is 10.1 Å². The third kappa shape index (κ3) is 3.51. The van der Waals surface area contributed by atoms with Gasteiger partial charge in [-0.25, -0.2) is 0 Å². The molecule has 1 aliphatic carbocycles. The summed E-state index contributed by atoms with van der Waals surface area (Å²) in [6.07, 6.45) is 4.18. The van der Waals surface area contributed by atoms with E-state index in [1.165, 1.54) is 0 Å². The van der Waals surface area contributed by atoms with Gasteiger partial charge < -0.3 is 5.73 Å². The van der Waals surface area contributed by atoms with Crippen LogP contribution >= 0.6 is 0 Å². The fraction of sp³-hybridized carbons (Fsp3) is 1.00. The third-order valence-corrected chi connectivity index (χ3v) is 2.65. The van der Waals surface area contributed by atoms with Crippen LogP contribution in [0.4, 0.5) is 0 Å². The predicted octanol–water partition coefficient (Wildman–Crippen LogP) is 0.232. The van der Waals surface area contributed by atoms with Crippen molar-refractivity contribution in [1.29, 1.82) is 0 Å².